The second kappa shape index (κ2) is 23.3. The Morgan fingerprint density at radius 1 is 0.942 bits per heavy atom. The molecule has 1 aliphatic rings. The van der Waals surface area contributed by atoms with Crippen molar-refractivity contribution in [2.24, 2.45) is 16.5 Å². The molecule has 370 valence electrons. The maximum atomic E-state index is 13.4. The molecule has 21 nitrogen and oxygen atoms in total. The lowest BCUT2D eigenvalue weighted by Crippen LogP contribution is -2.39. The molecular formula is C48H65N13O8. The molecule has 3 aromatic heterocycles. The lowest BCUT2D eigenvalue weighted by atomic mass is 10.1. The van der Waals surface area contributed by atoms with Crippen molar-refractivity contribution < 1.29 is 38.2 Å². The molecule has 0 atom stereocenters. The van der Waals surface area contributed by atoms with Gasteiger partial charge in [-0.2, -0.15) is 10.2 Å². The summed E-state index contributed by atoms with van der Waals surface area (Å²) in [6.45, 7) is 19.3. The highest BCUT2D eigenvalue weighted by atomic mass is 16.6. The largest absolute Gasteiger partial charge is 0.494 e. The minimum Gasteiger partial charge on any atom is -0.494 e. The van der Waals surface area contributed by atoms with Crippen LogP contribution in [0.1, 0.15) is 107 Å². The van der Waals surface area contributed by atoms with E-state index in [0.717, 1.165) is 31.4 Å². The number of nitrogens with one attached hydrogen (secondary N) is 2. The molecule has 69 heavy (non-hydrogen) atoms. The number of imidazole rings is 1. The minimum atomic E-state index is -0.664. The standard InChI is InChI=1S/C41H55N11O7.C7H10N2O/c1-9-52-31(19-25(2)48-52)38(55)46-24-49(34-29(44-6)20-26(36(42)53)22-32(34)57-8)15-10-11-16-51-35-30(47-39(51)45-7)21-27(37(43)54)23-33(35)58-18-12-17-50(28-13-14-28)40(56)59-41(3,4)5;1-3-9-7(5-10)4-6(2)8-9/h10-11,19-23,28H,6,9,12-18,24H2,1-5,7-8H3,(H2,42,53)(H2,43,54)(H,45,47)(H,46,55);4-5H,3H2,1-2H3/b11-10+;. The molecule has 1 aliphatic carbocycles. The van der Waals surface area contributed by atoms with E-state index in [1.54, 1.807) is 45.6 Å². The molecule has 4 amide bonds. The van der Waals surface area contributed by atoms with E-state index in [-0.39, 0.29) is 49.0 Å². The number of amides is 4. The summed E-state index contributed by atoms with van der Waals surface area (Å²) < 4.78 is 22.9. The number of fused-ring (bicyclic) bond motifs is 1. The van der Waals surface area contributed by atoms with Gasteiger partial charge in [0.25, 0.3) is 5.91 Å². The van der Waals surface area contributed by atoms with Crippen LogP contribution in [0.3, 0.4) is 0 Å². The van der Waals surface area contributed by atoms with Crippen LogP contribution in [0, 0.1) is 13.8 Å². The topological polar surface area (TPSA) is 261 Å². The highest BCUT2D eigenvalue weighted by molar-refractivity contribution is 5.99. The predicted molar refractivity (Wildman–Crippen MR) is 264 cm³/mol. The number of anilines is 2. The van der Waals surface area contributed by atoms with E-state index < -0.39 is 17.4 Å². The molecule has 0 bridgehead atoms. The number of ether oxygens (including phenoxy) is 3. The van der Waals surface area contributed by atoms with E-state index in [2.05, 4.69) is 32.5 Å². The molecule has 6 rings (SSSR count). The first-order valence-corrected chi connectivity index (χ1v) is 22.7. The maximum Gasteiger partial charge on any atom is 0.410 e. The smallest absolute Gasteiger partial charge is 0.410 e. The molecule has 3 heterocycles. The average Bonchev–Trinajstić information content (AvgIpc) is 3.82. The zero-order chi connectivity index (χ0) is 50.6. The number of aliphatic imine (C=N–C) groups is 1. The third kappa shape index (κ3) is 13.5. The van der Waals surface area contributed by atoms with Gasteiger partial charge in [0.15, 0.2) is 6.29 Å². The van der Waals surface area contributed by atoms with Crippen LogP contribution in [0.2, 0.25) is 0 Å². The number of aromatic nitrogens is 6. The molecule has 2 aromatic carbocycles. The summed E-state index contributed by atoms with van der Waals surface area (Å²) in [5, 5.41) is 14.6. The van der Waals surface area contributed by atoms with Crippen molar-refractivity contribution in [3.05, 3.63) is 82.5 Å². The lowest BCUT2D eigenvalue weighted by molar-refractivity contribution is 0.0225. The number of hydrogen-bond acceptors (Lipinski definition) is 14. The first-order chi connectivity index (χ1) is 32.9. The summed E-state index contributed by atoms with van der Waals surface area (Å²) in [5.74, 6) is -0.411. The van der Waals surface area contributed by atoms with Crippen molar-refractivity contribution in [1.82, 2.24) is 39.3 Å². The number of nitrogens with zero attached hydrogens (tertiary/aromatic N) is 9. The Hall–Kier alpha value is -7.71. The van der Waals surface area contributed by atoms with Gasteiger partial charge in [0, 0.05) is 56.9 Å². The summed E-state index contributed by atoms with van der Waals surface area (Å²) in [6.07, 6.45) is 6.66. The van der Waals surface area contributed by atoms with Crippen molar-refractivity contribution in [1.29, 1.82) is 0 Å². The Labute approximate surface area is 401 Å². The van der Waals surface area contributed by atoms with E-state index in [9.17, 15) is 24.0 Å². The van der Waals surface area contributed by atoms with Crippen LogP contribution in [0.15, 0.2) is 53.5 Å². The summed E-state index contributed by atoms with van der Waals surface area (Å²) in [6, 6.07) is 9.89. The zero-order valence-corrected chi connectivity index (χ0v) is 41.0. The van der Waals surface area contributed by atoms with Gasteiger partial charge in [-0.3, -0.25) is 33.5 Å². The number of aldehydes is 1. The first-order valence-electron chi connectivity index (χ1n) is 22.7. The summed E-state index contributed by atoms with van der Waals surface area (Å²) in [4.78, 5) is 73.6. The molecule has 0 unspecified atom stereocenters. The fourth-order valence-electron chi connectivity index (χ4n) is 7.48. The fraction of sp³-hybridized carbons (Fsp3) is 0.438. The van der Waals surface area contributed by atoms with Gasteiger partial charge < -0.3 is 50.7 Å². The number of primary amides is 2. The number of carbonyl (C=O) groups excluding carboxylic acids is 5. The Morgan fingerprint density at radius 3 is 2.17 bits per heavy atom. The molecule has 0 radical (unpaired) electrons. The van der Waals surface area contributed by atoms with E-state index in [0.29, 0.717) is 83.0 Å². The molecule has 21 heteroatoms. The molecule has 1 saturated carbocycles. The van der Waals surface area contributed by atoms with Gasteiger partial charge in [-0.05, 0) is 111 Å². The van der Waals surface area contributed by atoms with E-state index in [1.165, 1.54) is 19.2 Å². The molecular weight excluding hydrogens is 887 g/mol. The first kappa shape index (κ1) is 52.3. The third-order valence-corrected chi connectivity index (χ3v) is 10.8. The molecule has 0 saturated heterocycles. The second-order valence-electron chi connectivity index (χ2n) is 17.2. The molecule has 6 N–H and O–H groups in total. The Bertz CT molecular complexity index is 2690. The van der Waals surface area contributed by atoms with E-state index in [4.69, 9.17) is 30.7 Å². The number of carbonyl (C=O) groups is 5. The normalized spacial score (nSPS) is 12.2. The van der Waals surface area contributed by atoms with Crippen molar-refractivity contribution in [2.45, 2.75) is 99.0 Å². The van der Waals surface area contributed by atoms with Crippen LogP contribution in [-0.4, -0.2) is 123 Å². The SMILES string of the molecule is C=Nc1cc(C(N)=O)cc(OC)c1N(C/C=C/Cn1c(NC)nc2cc(C(N)=O)cc(OCCCN(C(=O)OC(C)(C)C)C3CC3)c21)CNC(=O)c1cc(C)nn1CC.CCn1nc(C)cc1C=O. The number of aryl methyl sites for hydroxylation is 4. The van der Waals surface area contributed by atoms with Crippen molar-refractivity contribution in [3.63, 3.8) is 0 Å². The summed E-state index contributed by atoms with van der Waals surface area (Å²) in [7, 11) is 3.20. The molecule has 0 spiro atoms. The van der Waals surface area contributed by atoms with Crippen LogP contribution < -0.4 is 36.5 Å². The average molecular weight is 952 g/mol. The van der Waals surface area contributed by atoms with Crippen LogP contribution >= 0.6 is 0 Å². The predicted octanol–water partition coefficient (Wildman–Crippen LogP) is 5.78. The quantitative estimate of drug-likeness (QED) is 0.0211. The van der Waals surface area contributed by atoms with Gasteiger partial charge in [0.1, 0.15) is 39.7 Å². The fourth-order valence-corrected chi connectivity index (χ4v) is 7.48. The Kier molecular flexibility index (Phi) is 17.7. The third-order valence-electron chi connectivity index (χ3n) is 10.8. The zero-order valence-electron chi connectivity index (χ0n) is 41.0. The Balaban J connectivity index is 0.000000787. The van der Waals surface area contributed by atoms with Gasteiger partial charge in [-0.25, -0.2) is 9.78 Å². The van der Waals surface area contributed by atoms with Gasteiger partial charge in [0.05, 0.1) is 43.0 Å². The number of methoxy groups -OCH3 is 1. The minimum absolute atomic E-state index is 0.0155. The highest BCUT2D eigenvalue weighted by Gasteiger charge is 2.35. The number of nitrogens with two attached hydrogens (primary N) is 2. The maximum absolute atomic E-state index is 13.4. The second-order valence-corrected chi connectivity index (χ2v) is 17.2. The number of benzene rings is 2. The highest BCUT2D eigenvalue weighted by Crippen LogP contribution is 2.39. The molecule has 0 aliphatic heterocycles. The van der Waals surface area contributed by atoms with E-state index >= 15 is 0 Å². The number of hydrogen-bond donors (Lipinski definition) is 4. The monoisotopic (exact) mass is 952 g/mol. The number of rotatable bonds is 22. The van der Waals surface area contributed by atoms with Crippen molar-refractivity contribution in [2.75, 3.05) is 50.7 Å². The summed E-state index contributed by atoms with van der Waals surface area (Å²) in [5.41, 5.74) is 15.7. The lowest BCUT2D eigenvalue weighted by Gasteiger charge is -2.27. The van der Waals surface area contributed by atoms with Crippen molar-refractivity contribution in [3.8, 4) is 11.5 Å². The molecule has 5 aromatic rings. The van der Waals surface area contributed by atoms with Gasteiger partial charge in [-0.1, -0.05) is 12.2 Å². The van der Waals surface area contributed by atoms with Gasteiger partial charge >= 0.3 is 6.09 Å². The van der Waals surface area contributed by atoms with Gasteiger partial charge in [-0.15, -0.1) is 0 Å². The van der Waals surface area contributed by atoms with Crippen LogP contribution in [-0.2, 0) is 24.4 Å². The van der Waals surface area contributed by atoms with Crippen molar-refractivity contribution >= 4 is 65.2 Å². The van der Waals surface area contributed by atoms with E-state index in [1.807, 2.05) is 70.1 Å². The van der Waals surface area contributed by atoms with Crippen LogP contribution in [0.4, 0.5) is 22.1 Å². The number of allylic oxidation sites excluding steroid dienone is 1. The van der Waals surface area contributed by atoms with Gasteiger partial charge in [0.2, 0.25) is 17.8 Å². The van der Waals surface area contributed by atoms with Crippen LogP contribution in [0.5, 0.6) is 11.5 Å². The van der Waals surface area contributed by atoms with Crippen LogP contribution in [0.25, 0.3) is 11.0 Å². The molecule has 1 fully saturated rings. The Morgan fingerprint density at radius 2 is 1.59 bits per heavy atom. The summed E-state index contributed by atoms with van der Waals surface area (Å²) >= 11 is 0.